The van der Waals surface area contributed by atoms with Gasteiger partial charge in [0.2, 0.25) is 0 Å². The standard InChI is InChI=1S/C21H18N2O4/c1-3-15-19(20(24)22(15)16-11-7-8-12-18(16)26-2)23-17(13-27-21(23)25)14-9-5-4-6-10-14/h1,4-12,15,17,19H,13H2,2H3/t15?,17-,19?/m1/s1. The summed E-state index contributed by atoms with van der Waals surface area (Å²) >= 11 is 0. The summed E-state index contributed by atoms with van der Waals surface area (Å²) in [5.41, 5.74) is 1.50. The first-order chi connectivity index (χ1) is 13.2. The predicted octanol–water partition coefficient (Wildman–Crippen LogP) is 2.61. The van der Waals surface area contributed by atoms with Crippen LogP contribution in [0.5, 0.6) is 5.75 Å². The molecule has 2 fully saturated rings. The van der Waals surface area contributed by atoms with Gasteiger partial charge in [-0.1, -0.05) is 48.4 Å². The van der Waals surface area contributed by atoms with E-state index in [9.17, 15) is 9.59 Å². The minimum absolute atomic E-state index is 0.193. The molecule has 4 rings (SSSR count). The Balaban J connectivity index is 1.67. The highest BCUT2D eigenvalue weighted by molar-refractivity contribution is 6.09. The van der Waals surface area contributed by atoms with Crippen LogP contribution in [-0.4, -0.2) is 42.7 Å². The Hall–Kier alpha value is -3.46. The van der Waals surface area contributed by atoms with Crippen LogP contribution in [0.15, 0.2) is 54.6 Å². The van der Waals surface area contributed by atoms with E-state index in [0.717, 1.165) is 5.56 Å². The lowest BCUT2D eigenvalue weighted by atomic mass is 9.91. The molecule has 6 heteroatoms. The first-order valence-electron chi connectivity index (χ1n) is 8.59. The van der Waals surface area contributed by atoms with E-state index < -0.39 is 18.2 Å². The van der Waals surface area contributed by atoms with Gasteiger partial charge in [0.05, 0.1) is 18.8 Å². The molecule has 136 valence electrons. The molecule has 2 aliphatic rings. The van der Waals surface area contributed by atoms with Gasteiger partial charge >= 0.3 is 6.09 Å². The number of para-hydroxylation sites is 2. The quantitative estimate of drug-likeness (QED) is 0.620. The van der Waals surface area contributed by atoms with E-state index in [-0.39, 0.29) is 18.6 Å². The molecule has 2 aromatic rings. The third-order valence-electron chi connectivity index (χ3n) is 4.98. The van der Waals surface area contributed by atoms with E-state index in [2.05, 4.69) is 5.92 Å². The molecule has 0 N–H and O–H groups in total. The molecule has 0 saturated carbocycles. The molecule has 3 atom stereocenters. The van der Waals surface area contributed by atoms with Crippen molar-refractivity contribution >= 4 is 17.7 Å². The second-order valence-corrected chi connectivity index (χ2v) is 6.35. The fraction of sp³-hybridized carbons (Fsp3) is 0.238. The Labute approximate surface area is 157 Å². The van der Waals surface area contributed by atoms with Crippen LogP contribution < -0.4 is 9.64 Å². The highest BCUT2D eigenvalue weighted by Crippen LogP contribution is 2.41. The molecule has 0 bridgehead atoms. The van der Waals surface area contributed by atoms with Crippen molar-refractivity contribution in [3.63, 3.8) is 0 Å². The number of carbonyl (C=O) groups excluding carboxylic acids is 2. The van der Waals surface area contributed by atoms with Crippen LogP contribution in [0.25, 0.3) is 0 Å². The van der Waals surface area contributed by atoms with E-state index in [1.165, 1.54) is 16.9 Å². The zero-order valence-corrected chi connectivity index (χ0v) is 14.7. The lowest BCUT2D eigenvalue weighted by Crippen LogP contribution is -2.71. The van der Waals surface area contributed by atoms with E-state index in [0.29, 0.717) is 11.4 Å². The lowest BCUT2D eigenvalue weighted by molar-refractivity contribution is -0.130. The summed E-state index contributed by atoms with van der Waals surface area (Å²) in [6.45, 7) is 0.193. The van der Waals surface area contributed by atoms with Crippen LogP contribution in [0.3, 0.4) is 0 Å². The van der Waals surface area contributed by atoms with Gasteiger partial charge in [-0.15, -0.1) is 6.42 Å². The third-order valence-corrected chi connectivity index (χ3v) is 4.98. The van der Waals surface area contributed by atoms with Crippen molar-refractivity contribution in [1.29, 1.82) is 0 Å². The Bertz CT molecular complexity index is 921. The Kier molecular flexibility index (Phi) is 4.21. The van der Waals surface area contributed by atoms with E-state index >= 15 is 0 Å². The molecular weight excluding hydrogens is 344 g/mol. The van der Waals surface area contributed by atoms with E-state index in [1.807, 2.05) is 42.5 Å². The number of rotatable bonds is 4. The number of hydrogen-bond donors (Lipinski definition) is 0. The van der Waals surface area contributed by atoms with Crippen molar-refractivity contribution in [2.75, 3.05) is 18.6 Å². The van der Waals surface area contributed by atoms with Crippen molar-refractivity contribution in [2.24, 2.45) is 0 Å². The zero-order chi connectivity index (χ0) is 19.0. The van der Waals surface area contributed by atoms with Gasteiger partial charge in [0.1, 0.15) is 24.4 Å². The van der Waals surface area contributed by atoms with Crippen LogP contribution in [0.4, 0.5) is 10.5 Å². The minimum atomic E-state index is -0.764. The van der Waals surface area contributed by atoms with Crippen molar-refractivity contribution in [3.05, 3.63) is 60.2 Å². The maximum absolute atomic E-state index is 13.0. The summed E-state index contributed by atoms with van der Waals surface area (Å²) in [5.74, 6) is 2.95. The van der Waals surface area contributed by atoms with Gasteiger partial charge in [0, 0.05) is 0 Å². The molecule has 2 aliphatic heterocycles. The Morgan fingerprint density at radius 2 is 1.81 bits per heavy atom. The summed E-state index contributed by atoms with van der Waals surface area (Å²) in [6, 6.07) is 15.0. The predicted molar refractivity (Wildman–Crippen MR) is 99.3 cm³/mol. The summed E-state index contributed by atoms with van der Waals surface area (Å²) in [5, 5.41) is 0. The van der Waals surface area contributed by atoms with Crippen LogP contribution in [0.1, 0.15) is 11.6 Å². The summed E-state index contributed by atoms with van der Waals surface area (Å²) < 4.78 is 10.6. The molecule has 2 aromatic carbocycles. The third kappa shape index (κ3) is 2.59. The van der Waals surface area contributed by atoms with Crippen molar-refractivity contribution < 1.29 is 19.1 Å². The smallest absolute Gasteiger partial charge is 0.411 e. The Morgan fingerprint density at radius 1 is 1.11 bits per heavy atom. The van der Waals surface area contributed by atoms with E-state index in [4.69, 9.17) is 15.9 Å². The number of methoxy groups -OCH3 is 1. The first kappa shape index (κ1) is 17.0. The molecule has 2 unspecified atom stereocenters. The van der Waals surface area contributed by atoms with Gasteiger partial charge in [0.25, 0.3) is 5.91 Å². The number of cyclic esters (lactones) is 1. The molecule has 0 spiro atoms. The van der Waals surface area contributed by atoms with Crippen molar-refractivity contribution in [3.8, 4) is 18.1 Å². The highest BCUT2D eigenvalue weighted by Gasteiger charge is 2.56. The van der Waals surface area contributed by atoms with Gasteiger partial charge in [-0.05, 0) is 17.7 Å². The number of hydrogen-bond acceptors (Lipinski definition) is 4. The fourth-order valence-corrected chi connectivity index (χ4v) is 3.68. The molecule has 27 heavy (non-hydrogen) atoms. The second kappa shape index (κ2) is 6.69. The zero-order valence-electron chi connectivity index (χ0n) is 14.7. The summed E-state index contributed by atoms with van der Waals surface area (Å²) in [6.07, 6.45) is 5.21. The number of carbonyl (C=O) groups is 2. The van der Waals surface area contributed by atoms with Crippen LogP contribution in [0, 0.1) is 12.3 Å². The summed E-state index contributed by atoms with van der Waals surface area (Å²) in [7, 11) is 1.54. The highest BCUT2D eigenvalue weighted by atomic mass is 16.6. The number of amides is 2. The van der Waals surface area contributed by atoms with Crippen molar-refractivity contribution in [1.82, 2.24) is 4.90 Å². The maximum Gasteiger partial charge on any atom is 0.411 e. The van der Waals surface area contributed by atoms with Crippen LogP contribution in [-0.2, 0) is 9.53 Å². The number of anilines is 1. The van der Waals surface area contributed by atoms with Gasteiger partial charge < -0.3 is 9.47 Å². The Morgan fingerprint density at radius 3 is 2.52 bits per heavy atom. The number of ether oxygens (including phenoxy) is 2. The lowest BCUT2D eigenvalue weighted by Gasteiger charge is -2.48. The van der Waals surface area contributed by atoms with Gasteiger partial charge in [-0.2, -0.15) is 0 Å². The van der Waals surface area contributed by atoms with Gasteiger partial charge in [-0.3, -0.25) is 14.6 Å². The molecule has 2 saturated heterocycles. The molecule has 0 radical (unpaired) electrons. The second-order valence-electron chi connectivity index (χ2n) is 6.35. The molecule has 2 heterocycles. The molecular formula is C21H18N2O4. The summed E-state index contributed by atoms with van der Waals surface area (Å²) in [4.78, 5) is 28.4. The van der Waals surface area contributed by atoms with Gasteiger partial charge in [0.15, 0.2) is 0 Å². The maximum atomic E-state index is 13.0. The average molecular weight is 362 g/mol. The van der Waals surface area contributed by atoms with Crippen molar-refractivity contribution in [2.45, 2.75) is 18.1 Å². The van der Waals surface area contributed by atoms with E-state index in [1.54, 1.807) is 12.1 Å². The largest absolute Gasteiger partial charge is 0.495 e. The number of terminal acetylenes is 1. The average Bonchev–Trinajstić information content (AvgIpc) is 3.08. The topological polar surface area (TPSA) is 59.1 Å². The molecule has 2 amide bonds. The van der Waals surface area contributed by atoms with Gasteiger partial charge in [-0.25, -0.2) is 4.79 Å². The number of β-lactam (4-membered cyclic amide) rings is 1. The first-order valence-corrected chi connectivity index (χ1v) is 8.59. The van der Waals surface area contributed by atoms with Crippen LogP contribution >= 0.6 is 0 Å². The number of benzene rings is 2. The normalized spacial score (nSPS) is 24.2. The molecule has 0 aromatic heterocycles. The molecule has 0 aliphatic carbocycles. The van der Waals surface area contributed by atoms with Crippen LogP contribution in [0.2, 0.25) is 0 Å². The monoisotopic (exact) mass is 362 g/mol. The minimum Gasteiger partial charge on any atom is -0.495 e. The molecule has 6 nitrogen and oxygen atoms in total. The number of nitrogens with zero attached hydrogens (tertiary/aromatic N) is 2. The SMILES string of the molecule is C#CC1C(N2C(=O)OC[C@@H]2c2ccccc2)C(=O)N1c1ccccc1OC. The fourth-order valence-electron chi connectivity index (χ4n) is 3.68.